The number of nitrogens with one attached hydrogen (secondary N) is 1. The van der Waals surface area contributed by atoms with Crippen molar-refractivity contribution in [1.82, 2.24) is 4.98 Å². The normalized spacial score (nSPS) is 15.9. The maximum absolute atomic E-state index is 4.51. The van der Waals surface area contributed by atoms with Gasteiger partial charge in [-0.25, -0.2) is 4.99 Å². The van der Waals surface area contributed by atoms with Crippen molar-refractivity contribution < 1.29 is 0 Å². The van der Waals surface area contributed by atoms with Crippen molar-refractivity contribution in [2.24, 2.45) is 4.99 Å². The van der Waals surface area contributed by atoms with Gasteiger partial charge >= 0.3 is 0 Å². The number of benzene rings is 1. The lowest BCUT2D eigenvalue weighted by Gasteiger charge is -1.87. The third-order valence-corrected chi connectivity index (χ3v) is 2.42. The number of aromatic nitrogens is 1. The van der Waals surface area contributed by atoms with Gasteiger partial charge in [0.15, 0.2) is 0 Å². The van der Waals surface area contributed by atoms with Gasteiger partial charge in [0.25, 0.3) is 0 Å². The summed E-state index contributed by atoms with van der Waals surface area (Å²) < 4.78 is 0. The van der Waals surface area contributed by atoms with E-state index in [0.717, 1.165) is 16.7 Å². The van der Waals surface area contributed by atoms with E-state index < -0.39 is 0 Å². The van der Waals surface area contributed by atoms with Gasteiger partial charge in [-0.15, -0.1) is 0 Å². The Bertz CT molecular complexity index is 582. The zero-order valence-corrected chi connectivity index (χ0v) is 8.14. The fourth-order valence-electron chi connectivity index (χ4n) is 1.71. The third-order valence-electron chi connectivity index (χ3n) is 2.42. The summed E-state index contributed by atoms with van der Waals surface area (Å²) in [6, 6.07) is 12.2. The van der Waals surface area contributed by atoms with Crippen LogP contribution < -0.4 is 10.6 Å². The smallest absolute Gasteiger partial charge is 0.0710 e. The van der Waals surface area contributed by atoms with Gasteiger partial charge in [0.05, 0.1) is 11.1 Å². The Balaban J connectivity index is 2.11. The molecule has 3 rings (SSSR count). The number of hydrogen-bond acceptors (Lipinski definition) is 1. The molecule has 2 nitrogen and oxygen atoms in total. The fourth-order valence-corrected chi connectivity index (χ4v) is 1.71. The predicted molar refractivity (Wildman–Crippen MR) is 60.5 cm³/mol. The van der Waals surface area contributed by atoms with Crippen LogP contribution in [0.2, 0.25) is 0 Å². The van der Waals surface area contributed by atoms with E-state index in [4.69, 9.17) is 0 Å². The molecule has 0 saturated heterocycles. The summed E-state index contributed by atoms with van der Waals surface area (Å²) in [4.78, 5) is 7.65. The summed E-state index contributed by atoms with van der Waals surface area (Å²) in [7, 11) is 0. The molecule has 0 unspecified atom stereocenters. The topological polar surface area (TPSA) is 28.1 Å². The monoisotopic (exact) mass is 194 g/mol. The van der Waals surface area contributed by atoms with E-state index in [1.807, 2.05) is 42.6 Å². The van der Waals surface area contributed by atoms with Crippen molar-refractivity contribution >= 4 is 12.2 Å². The highest BCUT2D eigenvalue weighted by Gasteiger charge is 1.99. The lowest BCUT2D eigenvalue weighted by atomic mass is 10.2. The Kier molecular flexibility index (Phi) is 1.78. The minimum atomic E-state index is 0.999. The van der Waals surface area contributed by atoms with Crippen molar-refractivity contribution in [1.29, 1.82) is 0 Å². The Hall–Kier alpha value is -2.09. The molecule has 1 aliphatic heterocycles. The summed E-state index contributed by atoms with van der Waals surface area (Å²) >= 11 is 0. The summed E-state index contributed by atoms with van der Waals surface area (Å²) in [5.41, 5.74) is 2.08. The Morgan fingerprint density at radius 2 is 2.00 bits per heavy atom. The first-order chi connectivity index (χ1) is 7.42. The van der Waals surface area contributed by atoms with Gasteiger partial charge in [0.1, 0.15) is 0 Å². The molecule has 0 aliphatic carbocycles. The van der Waals surface area contributed by atoms with Gasteiger partial charge in [-0.1, -0.05) is 18.2 Å². The summed E-state index contributed by atoms with van der Waals surface area (Å²) in [5, 5.41) is 2.24. The Morgan fingerprint density at radius 1 is 1.07 bits per heavy atom. The molecular weight excluding hydrogens is 184 g/mol. The molecular formula is C13H10N2. The first kappa shape index (κ1) is 8.24. The average molecular weight is 194 g/mol. The molecule has 72 valence electrons. The molecule has 0 amide bonds. The second kappa shape index (κ2) is 3.24. The molecule has 0 bridgehead atoms. The highest BCUT2D eigenvalue weighted by atomic mass is 14.8. The number of aromatic amines is 1. The van der Waals surface area contributed by atoms with Crippen LogP contribution in [0.5, 0.6) is 0 Å². The molecule has 0 spiro atoms. The van der Waals surface area contributed by atoms with Gasteiger partial charge < -0.3 is 4.98 Å². The zero-order chi connectivity index (χ0) is 10.1. The average Bonchev–Trinajstić information content (AvgIpc) is 2.86. The van der Waals surface area contributed by atoms with Crippen LogP contribution in [0.1, 0.15) is 5.69 Å². The van der Waals surface area contributed by atoms with Gasteiger partial charge in [-0.3, -0.25) is 0 Å². The van der Waals surface area contributed by atoms with Gasteiger partial charge in [-0.2, -0.15) is 0 Å². The molecule has 1 N–H and O–H groups in total. The molecule has 1 aromatic heterocycles. The van der Waals surface area contributed by atoms with Crippen LogP contribution in [0, 0.1) is 0 Å². The number of nitrogens with zero attached hydrogens (tertiary/aromatic N) is 1. The Morgan fingerprint density at radius 3 is 2.80 bits per heavy atom. The van der Waals surface area contributed by atoms with Crippen LogP contribution in [0.3, 0.4) is 0 Å². The first-order valence-electron chi connectivity index (χ1n) is 4.92. The first-order valence-corrected chi connectivity index (χ1v) is 4.92. The molecule has 2 heteroatoms. The van der Waals surface area contributed by atoms with E-state index in [2.05, 4.69) is 22.1 Å². The van der Waals surface area contributed by atoms with Crippen LogP contribution in [-0.2, 0) is 0 Å². The molecule has 1 aromatic carbocycles. The summed E-state index contributed by atoms with van der Waals surface area (Å²) in [6.07, 6.45) is 6.05. The van der Waals surface area contributed by atoms with Crippen LogP contribution >= 0.6 is 0 Å². The van der Waals surface area contributed by atoms with Gasteiger partial charge in [0, 0.05) is 17.1 Å². The minimum Gasteiger partial charge on any atom is -0.362 e. The van der Waals surface area contributed by atoms with E-state index in [1.165, 1.54) is 5.22 Å². The van der Waals surface area contributed by atoms with E-state index >= 15 is 0 Å². The number of hydrogen-bond donors (Lipinski definition) is 1. The fraction of sp³-hybridized carbons (Fsp3) is 0. The van der Waals surface area contributed by atoms with Crippen molar-refractivity contribution in [3.8, 4) is 0 Å². The van der Waals surface area contributed by atoms with Crippen LogP contribution in [0.4, 0.5) is 0 Å². The molecule has 0 fully saturated rings. The van der Waals surface area contributed by atoms with Gasteiger partial charge in [0.2, 0.25) is 0 Å². The molecule has 0 atom stereocenters. The van der Waals surface area contributed by atoms with Crippen LogP contribution in [-0.4, -0.2) is 4.98 Å². The lowest BCUT2D eigenvalue weighted by molar-refractivity contribution is 1.31. The standard InChI is InChI=1S/C13H10N2/c1-2-6-13-10(4-1)8-12(15-13)9-11-5-3-7-14-11/h1-9,14H. The van der Waals surface area contributed by atoms with Crippen LogP contribution in [0.25, 0.3) is 12.2 Å². The van der Waals surface area contributed by atoms with E-state index in [-0.39, 0.29) is 0 Å². The quantitative estimate of drug-likeness (QED) is 0.712. The van der Waals surface area contributed by atoms with Crippen molar-refractivity contribution in [2.45, 2.75) is 0 Å². The van der Waals surface area contributed by atoms with Crippen LogP contribution in [0.15, 0.2) is 53.3 Å². The van der Waals surface area contributed by atoms with E-state index in [1.54, 1.807) is 0 Å². The second-order valence-electron chi connectivity index (χ2n) is 3.51. The molecule has 2 aromatic rings. The number of para-hydroxylation sites is 1. The maximum atomic E-state index is 4.51. The lowest BCUT2D eigenvalue weighted by Crippen LogP contribution is -2.19. The van der Waals surface area contributed by atoms with Gasteiger partial charge in [-0.05, 0) is 30.4 Å². The highest BCUT2D eigenvalue weighted by molar-refractivity contribution is 5.63. The van der Waals surface area contributed by atoms with Crippen molar-refractivity contribution in [3.05, 3.63) is 64.6 Å². The largest absolute Gasteiger partial charge is 0.362 e. The van der Waals surface area contributed by atoms with E-state index in [9.17, 15) is 0 Å². The zero-order valence-electron chi connectivity index (χ0n) is 8.14. The number of allylic oxidation sites excluding steroid dienone is 1. The summed E-state index contributed by atoms with van der Waals surface area (Å²) in [5.74, 6) is 0. The SMILES string of the molecule is C(=C1C=c2ccccc2=N1)c1ccc[nH]1. The van der Waals surface area contributed by atoms with Crippen molar-refractivity contribution in [2.75, 3.05) is 0 Å². The minimum absolute atomic E-state index is 0.999. The predicted octanol–water partition coefficient (Wildman–Crippen LogP) is 1.47. The second-order valence-corrected chi connectivity index (χ2v) is 3.51. The maximum Gasteiger partial charge on any atom is 0.0710 e. The Labute approximate surface area is 87.3 Å². The van der Waals surface area contributed by atoms with E-state index in [0.29, 0.717) is 0 Å². The third kappa shape index (κ3) is 1.50. The number of rotatable bonds is 1. The molecule has 0 radical (unpaired) electrons. The molecule has 0 saturated carbocycles. The molecule has 2 heterocycles. The molecule has 1 aliphatic rings. The highest BCUT2D eigenvalue weighted by Crippen LogP contribution is 2.07. The van der Waals surface area contributed by atoms with Crippen molar-refractivity contribution in [3.63, 3.8) is 0 Å². The molecule has 15 heavy (non-hydrogen) atoms. The number of fused-ring (bicyclic) bond motifs is 1. The number of H-pyrrole nitrogens is 1. The summed E-state index contributed by atoms with van der Waals surface area (Å²) in [6.45, 7) is 0.